The van der Waals surface area contributed by atoms with E-state index in [1.165, 1.54) is 0 Å². The molecule has 1 N–H and O–H groups in total. The second kappa shape index (κ2) is 11.7. The third-order valence-corrected chi connectivity index (χ3v) is 5.64. The molecule has 0 aliphatic carbocycles. The molecule has 11 heteroatoms. The van der Waals surface area contributed by atoms with Crippen molar-refractivity contribution in [3.8, 4) is 0 Å². The van der Waals surface area contributed by atoms with Crippen molar-refractivity contribution < 1.29 is 36.6 Å². The van der Waals surface area contributed by atoms with Crippen LogP contribution in [-0.4, -0.2) is 48.0 Å². The van der Waals surface area contributed by atoms with Gasteiger partial charge in [-0.2, -0.15) is 18.3 Å². The van der Waals surface area contributed by atoms with Crippen LogP contribution >= 0.6 is 0 Å². The highest BCUT2D eigenvalue weighted by molar-refractivity contribution is 5.96. The zero-order valence-electron chi connectivity index (χ0n) is 19.7. The van der Waals surface area contributed by atoms with E-state index < -0.39 is 23.5 Å². The maximum absolute atomic E-state index is 13.5. The summed E-state index contributed by atoms with van der Waals surface area (Å²) in [6, 6.07) is 2.00. The number of ether oxygens (including phenoxy) is 2. The molecular formula is C24H29F4N3O4. The molecule has 192 valence electrons. The highest BCUT2D eigenvalue weighted by Gasteiger charge is 2.35. The number of hydrogen-bond acceptors (Lipinski definition) is 5. The van der Waals surface area contributed by atoms with Crippen LogP contribution in [0.1, 0.15) is 64.4 Å². The molecule has 0 fully saturated rings. The number of esters is 1. The van der Waals surface area contributed by atoms with E-state index in [1.807, 2.05) is 6.92 Å². The van der Waals surface area contributed by atoms with Gasteiger partial charge in [-0.3, -0.25) is 9.48 Å². The molecule has 1 atom stereocenters. The summed E-state index contributed by atoms with van der Waals surface area (Å²) in [4.78, 5) is 25.1. The number of amides is 1. The minimum atomic E-state index is -4.92. The molecule has 1 amide bonds. The molecule has 0 saturated heterocycles. The van der Waals surface area contributed by atoms with E-state index >= 15 is 0 Å². The van der Waals surface area contributed by atoms with Crippen LogP contribution in [0.25, 0.3) is 0 Å². The van der Waals surface area contributed by atoms with Gasteiger partial charge in [-0.25, -0.2) is 9.18 Å². The monoisotopic (exact) mass is 499 g/mol. The van der Waals surface area contributed by atoms with Gasteiger partial charge < -0.3 is 14.8 Å². The van der Waals surface area contributed by atoms with Crippen molar-refractivity contribution in [2.75, 3.05) is 26.4 Å². The Kier molecular flexibility index (Phi) is 8.87. The molecule has 1 aromatic heterocycles. The molecule has 0 unspecified atom stereocenters. The maximum atomic E-state index is 13.5. The van der Waals surface area contributed by atoms with E-state index in [0.717, 1.165) is 18.2 Å². The van der Waals surface area contributed by atoms with Gasteiger partial charge in [0.2, 0.25) is 0 Å². The van der Waals surface area contributed by atoms with Gasteiger partial charge in [-0.1, -0.05) is 13.8 Å². The first kappa shape index (κ1) is 26.7. The number of carbonyl (C=O) groups excluding carboxylic acids is 2. The topological polar surface area (TPSA) is 82.5 Å². The lowest BCUT2D eigenvalue weighted by Crippen LogP contribution is -2.27. The fraction of sp³-hybridized carbons (Fsp3) is 0.542. The number of fused-ring (bicyclic) bond motifs is 1. The summed E-state index contributed by atoms with van der Waals surface area (Å²) in [6.07, 6.45) is -2.34. The largest absolute Gasteiger partial charge is 0.462 e. The summed E-state index contributed by atoms with van der Waals surface area (Å²) in [5, 5.41) is 7.52. The van der Waals surface area contributed by atoms with Crippen LogP contribution in [0.4, 0.5) is 17.6 Å². The Labute approximate surface area is 200 Å². The first-order valence-corrected chi connectivity index (χ1v) is 11.6. The summed E-state index contributed by atoms with van der Waals surface area (Å²) >= 11 is 0. The number of aromatic nitrogens is 2. The lowest BCUT2D eigenvalue weighted by atomic mass is 10.1. The normalized spacial score (nSPS) is 16.1. The molecular weight excluding hydrogens is 470 g/mol. The standard InChI is InChI=1S/C24H29F4N3O4/c1-3-19-21-20(6-4-10-34-11-5-9-29-22(21)32)31(30-19)13-15(2)14-35-23(33)16-7-8-18(25)17(12-16)24(26,27)28/h7-8,12,15H,3-6,9-11,13-14H2,1-2H3,(H,29,32)/t15-/m1/s1. The van der Waals surface area contributed by atoms with Crippen LogP contribution in [0.5, 0.6) is 0 Å². The zero-order valence-corrected chi connectivity index (χ0v) is 19.7. The van der Waals surface area contributed by atoms with Crippen molar-refractivity contribution >= 4 is 11.9 Å². The predicted molar refractivity (Wildman–Crippen MR) is 119 cm³/mol. The maximum Gasteiger partial charge on any atom is 0.419 e. The molecule has 35 heavy (non-hydrogen) atoms. The van der Waals surface area contributed by atoms with Crippen LogP contribution in [-0.2, 0) is 35.0 Å². The molecule has 1 aliphatic rings. The highest BCUT2D eigenvalue weighted by atomic mass is 19.4. The van der Waals surface area contributed by atoms with Crippen LogP contribution in [0.3, 0.4) is 0 Å². The first-order valence-electron chi connectivity index (χ1n) is 11.6. The van der Waals surface area contributed by atoms with Crippen molar-refractivity contribution in [2.24, 2.45) is 5.92 Å². The van der Waals surface area contributed by atoms with Crippen LogP contribution in [0.15, 0.2) is 18.2 Å². The lowest BCUT2D eigenvalue weighted by Gasteiger charge is -2.15. The number of aryl methyl sites for hydroxylation is 1. The van der Waals surface area contributed by atoms with Gasteiger partial charge in [0.1, 0.15) is 5.82 Å². The molecule has 1 aromatic carbocycles. The van der Waals surface area contributed by atoms with E-state index in [4.69, 9.17) is 9.47 Å². The summed E-state index contributed by atoms with van der Waals surface area (Å²) in [5.74, 6) is -2.87. The van der Waals surface area contributed by atoms with Gasteiger partial charge in [0.05, 0.1) is 34.7 Å². The second-order valence-electron chi connectivity index (χ2n) is 8.53. The quantitative estimate of drug-likeness (QED) is 0.477. The Hall–Kier alpha value is -2.95. The van der Waals surface area contributed by atoms with E-state index in [-0.39, 0.29) is 24.0 Å². The average Bonchev–Trinajstić information content (AvgIpc) is 3.13. The fourth-order valence-electron chi connectivity index (χ4n) is 3.89. The molecule has 2 heterocycles. The third kappa shape index (κ3) is 6.81. The Bertz CT molecular complexity index is 1050. The van der Waals surface area contributed by atoms with Crippen molar-refractivity contribution in [1.82, 2.24) is 15.1 Å². The van der Waals surface area contributed by atoms with E-state index in [2.05, 4.69) is 10.4 Å². The fourth-order valence-corrected chi connectivity index (χ4v) is 3.89. The molecule has 1 aliphatic heterocycles. The Balaban J connectivity index is 1.71. The number of carbonyl (C=O) groups is 2. The number of halogens is 4. The average molecular weight is 500 g/mol. The van der Waals surface area contributed by atoms with Crippen LogP contribution in [0, 0.1) is 11.7 Å². The number of alkyl halides is 3. The summed E-state index contributed by atoms with van der Waals surface area (Å²) in [5.41, 5.74) is 0.101. The molecule has 3 rings (SSSR count). The Morgan fingerprint density at radius 1 is 1.29 bits per heavy atom. The summed E-state index contributed by atoms with van der Waals surface area (Å²) in [7, 11) is 0. The van der Waals surface area contributed by atoms with E-state index in [0.29, 0.717) is 69.0 Å². The number of nitrogens with zero attached hydrogens (tertiary/aromatic N) is 2. The Morgan fingerprint density at radius 2 is 2.03 bits per heavy atom. The SMILES string of the molecule is CCc1nn(C[C@@H](C)COC(=O)c2ccc(F)c(C(F)(F)F)c2)c2c1C(=O)NCCCOCCC2. The summed E-state index contributed by atoms with van der Waals surface area (Å²) in [6.45, 7) is 5.59. The van der Waals surface area contributed by atoms with Crippen LogP contribution in [0.2, 0.25) is 0 Å². The first-order chi connectivity index (χ1) is 16.6. The highest BCUT2D eigenvalue weighted by Crippen LogP contribution is 2.32. The minimum absolute atomic E-state index is 0.0943. The van der Waals surface area contributed by atoms with Crippen molar-refractivity contribution in [3.63, 3.8) is 0 Å². The number of rotatable bonds is 6. The minimum Gasteiger partial charge on any atom is -0.462 e. The zero-order chi connectivity index (χ0) is 25.6. The number of nitrogens with one attached hydrogen (secondary N) is 1. The van der Waals surface area contributed by atoms with Crippen molar-refractivity contribution in [1.29, 1.82) is 0 Å². The molecule has 0 bridgehead atoms. The van der Waals surface area contributed by atoms with Gasteiger partial charge in [-0.05, 0) is 43.9 Å². The van der Waals surface area contributed by atoms with E-state index in [1.54, 1.807) is 11.6 Å². The molecule has 2 aromatic rings. The van der Waals surface area contributed by atoms with Gasteiger partial charge in [0, 0.05) is 32.2 Å². The predicted octanol–water partition coefficient (Wildman–Crippen LogP) is 4.18. The number of hydrogen-bond donors (Lipinski definition) is 1. The van der Waals surface area contributed by atoms with Crippen molar-refractivity contribution in [2.45, 2.75) is 52.3 Å². The molecule has 0 radical (unpaired) electrons. The van der Waals surface area contributed by atoms with Gasteiger partial charge in [0.25, 0.3) is 5.91 Å². The molecule has 0 saturated carbocycles. The van der Waals surface area contributed by atoms with E-state index in [9.17, 15) is 27.2 Å². The van der Waals surface area contributed by atoms with Gasteiger partial charge >= 0.3 is 12.1 Å². The second-order valence-corrected chi connectivity index (χ2v) is 8.53. The smallest absolute Gasteiger partial charge is 0.419 e. The van der Waals surface area contributed by atoms with Crippen LogP contribution < -0.4 is 5.32 Å². The number of benzene rings is 1. The summed E-state index contributed by atoms with van der Waals surface area (Å²) < 4.78 is 64.8. The van der Waals surface area contributed by atoms with Gasteiger partial charge in [0.15, 0.2) is 0 Å². The van der Waals surface area contributed by atoms with Gasteiger partial charge in [-0.15, -0.1) is 0 Å². The lowest BCUT2D eigenvalue weighted by molar-refractivity contribution is -0.140. The van der Waals surface area contributed by atoms with Crippen molar-refractivity contribution in [3.05, 3.63) is 52.1 Å². The Morgan fingerprint density at radius 3 is 2.74 bits per heavy atom. The third-order valence-electron chi connectivity index (χ3n) is 5.64. The molecule has 7 nitrogen and oxygen atoms in total. The molecule has 0 spiro atoms.